The van der Waals surface area contributed by atoms with Gasteiger partial charge in [-0.1, -0.05) is 67.3 Å². The maximum atomic E-state index is 12.4. The highest BCUT2D eigenvalue weighted by atomic mass is 32.2. The predicted molar refractivity (Wildman–Crippen MR) is 137 cm³/mol. The molecule has 0 unspecified atom stereocenters. The molecule has 0 bridgehead atoms. The SMILES string of the molecule is C=CCOC(=O)NCc1ccc([C@@H](C[C@@H](O)COS(=O)(=O)c2ccc(C)cc2)NC(=O)OCC=C)cc1. The molecule has 2 atom stereocenters. The van der Waals surface area contributed by atoms with Gasteiger partial charge >= 0.3 is 12.2 Å². The molecule has 2 rings (SSSR count). The van der Waals surface area contributed by atoms with Crippen LogP contribution in [-0.4, -0.2) is 51.6 Å². The van der Waals surface area contributed by atoms with Crippen LogP contribution in [0.4, 0.5) is 9.59 Å². The van der Waals surface area contributed by atoms with Gasteiger partial charge in [-0.25, -0.2) is 9.59 Å². The average molecular weight is 533 g/mol. The Morgan fingerprint density at radius 1 is 0.973 bits per heavy atom. The largest absolute Gasteiger partial charge is 0.445 e. The third-order valence-electron chi connectivity index (χ3n) is 5.01. The number of amides is 2. The number of carbonyl (C=O) groups excluding carboxylic acids is 2. The number of aliphatic hydroxyl groups is 1. The van der Waals surface area contributed by atoms with Crippen LogP contribution in [0.2, 0.25) is 0 Å². The van der Waals surface area contributed by atoms with E-state index in [1.54, 1.807) is 36.4 Å². The van der Waals surface area contributed by atoms with Crippen LogP contribution in [-0.2, 0) is 30.3 Å². The lowest BCUT2D eigenvalue weighted by atomic mass is 9.99. The summed E-state index contributed by atoms with van der Waals surface area (Å²) < 4.78 is 39.7. The fraction of sp³-hybridized carbons (Fsp3) is 0.308. The molecule has 11 heteroatoms. The van der Waals surface area contributed by atoms with Crippen molar-refractivity contribution < 1.29 is 36.8 Å². The summed E-state index contributed by atoms with van der Waals surface area (Å²) in [6.07, 6.45) is 0.260. The molecule has 0 spiro atoms. The van der Waals surface area contributed by atoms with Gasteiger partial charge in [0, 0.05) is 13.0 Å². The van der Waals surface area contributed by atoms with Crippen molar-refractivity contribution in [2.24, 2.45) is 0 Å². The zero-order chi connectivity index (χ0) is 27.3. The minimum absolute atomic E-state index is 0.00836. The number of aryl methyl sites for hydroxylation is 1. The van der Waals surface area contributed by atoms with Crippen LogP contribution in [0.5, 0.6) is 0 Å². The number of nitrogens with one attached hydrogen (secondary N) is 2. The van der Waals surface area contributed by atoms with E-state index in [0.717, 1.165) is 11.1 Å². The molecular weight excluding hydrogens is 500 g/mol. The van der Waals surface area contributed by atoms with Crippen LogP contribution < -0.4 is 10.6 Å². The molecule has 37 heavy (non-hydrogen) atoms. The molecule has 0 aromatic heterocycles. The molecule has 0 aliphatic heterocycles. The first-order valence-corrected chi connectivity index (χ1v) is 12.8. The fourth-order valence-corrected chi connectivity index (χ4v) is 4.05. The van der Waals surface area contributed by atoms with E-state index in [4.69, 9.17) is 13.7 Å². The van der Waals surface area contributed by atoms with Gasteiger partial charge in [-0.15, -0.1) is 0 Å². The number of alkyl carbamates (subject to hydrolysis) is 2. The summed E-state index contributed by atoms with van der Waals surface area (Å²) >= 11 is 0. The molecule has 0 saturated carbocycles. The Balaban J connectivity index is 2.05. The predicted octanol–water partition coefficient (Wildman–Crippen LogP) is 3.52. The van der Waals surface area contributed by atoms with Crippen LogP contribution in [0, 0.1) is 6.92 Å². The van der Waals surface area contributed by atoms with Gasteiger partial charge in [0.2, 0.25) is 0 Å². The highest BCUT2D eigenvalue weighted by Gasteiger charge is 2.23. The van der Waals surface area contributed by atoms with Crippen LogP contribution in [0.25, 0.3) is 0 Å². The molecule has 200 valence electrons. The summed E-state index contributed by atoms with van der Waals surface area (Å²) in [7, 11) is -4.07. The molecular formula is C26H32N2O8S. The molecule has 0 fully saturated rings. The van der Waals surface area contributed by atoms with Gasteiger partial charge < -0.3 is 25.2 Å². The summed E-state index contributed by atoms with van der Waals surface area (Å²) in [6.45, 7) is 8.58. The van der Waals surface area contributed by atoms with Crippen molar-refractivity contribution in [3.63, 3.8) is 0 Å². The van der Waals surface area contributed by atoms with Crippen molar-refractivity contribution in [3.05, 3.63) is 90.5 Å². The second kappa shape index (κ2) is 14.8. The molecule has 3 N–H and O–H groups in total. The van der Waals surface area contributed by atoms with E-state index in [0.29, 0.717) is 5.56 Å². The lowest BCUT2D eigenvalue weighted by Crippen LogP contribution is -2.33. The summed E-state index contributed by atoms with van der Waals surface area (Å²) in [5.41, 5.74) is 2.28. The van der Waals surface area contributed by atoms with Crippen molar-refractivity contribution in [1.82, 2.24) is 10.6 Å². The zero-order valence-electron chi connectivity index (χ0n) is 20.6. The third kappa shape index (κ3) is 10.5. The Kier molecular flexibility index (Phi) is 11.8. The second-order valence-corrected chi connectivity index (χ2v) is 9.62. The van der Waals surface area contributed by atoms with E-state index in [9.17, 15) is 23.1 Å². The zero-order valence-corrected chi connectivity index (χ0v) is 21.4. The van der Waals surface area contributed by atoms with E-state index in [-0.39, 0.29) is 31.1 Å². The molecule has 0 saturated heterocycles. The number of aliphatic hydroxyl groups excluding tert-OH is 1. The molecule has 0 heterocycles. The van der Waals surface area contributed by atoms with Gasteiger partial charge in [0.05, 0.1) is 23.6 Å². The maximum absolute atomic E-state index is 12.4. The van der Waals surface area contributed by atoms with E-state index in [2.05, 4.69) is 23.8 Å². The molecule has 2 aromatic carbocycles. The number of carbonyl (C=O) groups is 2. The summed E-state index contributed by atoms with van der Waals surface area (Å²) in [5.74, 6) is 0. The van der Waals surface area contributed by atoms with Gasteiger partial charge in [0.25, 0.3) is 10.1 Å². The van der Waals surface area contributed by atoms with Crippen molar-refractivity contribution in [1.29, 1.82) is 0 Å². The van der Waals surface area contributed by atoms with E-state index >= 15 is 0 Å². The van der Waals surface area contributed by atoms with Gasteiger partial charge in [-0.3, -0.25) is 4.18 Å². The third-order valence-corrected chi connectivity index (χ3v) is 6.30. The lowest BCUT2D eigenvalue weighted by Gasteiger charge is -2.22. The van der Waals surface area contributed by atoms with Crippen molar-refractivity contribution in [2.45, 2.75) is 36.9 Å². The van der Waals surface area contributed by atoms with Crippen LogP contribution in [0.15, 0.2) is 78.7 Å². The molecule has 0 radical (unpaired) electrons. The van der Waals surface area contributed by atoms with Crippen LogP contribution >= 0.6 is 0 Å². The Morgan fingerprint density at radius 2 is 1.57 bits per heavy atom. The molecule has 10 nitrogen and oxygen atoms in total. The number of benzene rings is 2. The quantitative estimate of drug-likeness (QED) is 0.248. The van der Waals surface area contributed by atoms with Crippen LogP contribution in [0.3, 0.4) is 0 Å². The van der Waals surface area contributed by atoms with Crippen molar-refractivity contribution in [2.75, 3.05) is 19.8 Å². The van der Waals surface area contributed by atoms with Crippen molar-refractivity contribution >= 4 is 22.3 Å². The number of ether oxygens (including phenoxy) is 2. The number of rotatable bonds is 14. The second-order valence-electron chi connectivity index (χ2n) is 8.01. The smallest absolute Gasteiger partial charge is 0.407 e. The first-order chi connectivity index (χ1) is 17.6. The number of hydrogen-bond acceptors (Lipinski definition) is 8. The minimum atomic E-state index is -4.07. The standard InChI is InChI=1S/C26H32N2O8S/c1-4-14-34-25(30)27-17-20-8-10-21(11-9-20)24(28-26(31)35-15-5-2)16-22(29)18-36-37(32,33)23-12-6-19(3)7-13-23/h4-13,22,24,29H,1-2,14-18H2,3H3,(H,27,30)(H,28,31)/t22-,24-/m1/s1. The van der Waals surface area contributed by atoms with E-state index in [1.807, 2.05) is 6.92 Å². The summed E-state index contributed by atoms with van der Waals surface area (Å²) in [6, 6.07) is 12.3. The molecule has 2 aromatic rings. The topological polar surface area (TPSA) is 140 Å². The Bertz CT molecular complexity index is 1150. The molecule has 0 aliphatic rings. The Morgan fingerprint density at radius 3 is 2.16 bits per heavy atom. The number of hydrogen-bond donors (Lipinski definition) is 3. The first-order valence-electron chi connectivity index (χ1n) is 11.4. The van der Waals surface area contributed by atoms with Crippen molar-refractivity contribution in [3.8, 4) is 0 Å². The Hall–Kier alpha value is -3.67. The minimum Gasteiger partial charge on any atom is -0.445 e. The monoisotopic (exact) mass is 532 g/mol. The highest BCUT2D eigenvalue weighted by Crippen LogP contribution is 2.21. The normalized spacial score (nSPS) is 12.6. The maximum Gasteiger partial charge on any atom is 0.407 e. The van der Waals surface area contributed by atoms with Gasteiger partial charge in [-0.2, -0.15) is 8.42 Å². The van der Waals surface area contributed by atoms with Gasteiger partial charge in [-0.05, 0) is 30.2 Å². The molecule has 0 aliphatic carbocycles. The lowest BCUT2D eigenvalue weighted by molar-refractivity contribution is 0.0901. The first kappa shape index (κ1) is 29.6. The molecule has 2 amide bonds. The van der Waals surface area contributed by atoms with E-state index in [1.165, 1.54) is 24.3 Å². The summed E-state index contributed by atoms with van der Waals surface area (Å²) in [4.78, 5) is 23.7. The van der Waals surface area contributed by atoms with Crippen LogP contribution in [0.1, 0.15) is 29.2 Å². The van der Waals surface area contributed by atoms with E-state index < -0.39 is 41.1 Å². The average Bonchev–Trinajstić information content (AvgIpc) is 2.88. The van der Waals surface area contributed by atoms with Gasteiger partial charge in [0.15, 0.2) is 0 Å². The Labute approximate surface area is 217 Å². The van der Waals surface area contributed by atoms with Gasteiger partial charge in [0.1, 0.15) is 13.2 Å². The highest BCUT2D eigenvalue weighted by molar-refractivity contribution is 7.86. The fourth-order valence-electron chi connectivity index (χ4n) is 3.11. The summed E-state index contributed by atoms with van der Waals surface area (Å²) in [5, 5.41) is 15.8.